The average Bonchev–Trinajstić information content (AvgIpc) is 2.73. The van der Waals surface area contributed by atoms with E-state index in [-0.39, 0.29) is 19.3 Å². The van der Waals surface area contributed by atoms with Gasteiger partial charge in [0.1, 0.15) is 0 Å². The van der Waals surface area contributed by atoms with Crippen LogP contribution in [0.2, 0.25) is 0 Å². The first-order valence-electron chi connectivity index (χ1n) is 6.11. The van der Waals surface area contributed by atoms with Gasteiger partial charge in [0.25, 0.3) is 0 Å². The number of hydrogen-bond acceptors (Lipinski definition) is 1. The monoisotopic (exact) mass is 278 g/mol. The molecule has 1 heterocycles. The fourth-order valence-corrected chi connectivity index (χ4v) is 1.40. The molecule has 5 heteroatoms. The van der Waals surface area contributed by atoms with Crippen molar-refractivity contribution in [3.8, 4) is 0 Å². The summed E-state index contributed by atoms with van der Waals surface area (Å²) in [5.74, 6) is -0.562. The molecule has 20 heavy (non-hydrogen) atoms. The van der Waals surface area contributed by atoms with Gasteiger partial charge in [0, 0.05) is 25.7 Å². The molecule has 0 atom stereocenters. The predicted octanol–water partition coefficient (Wildman–Crippen LogP) is 2.65. The van der Waals surface area contributed by atoms with Crippen LogP contribution >= 0.6 is 0 Å². The van der Waals surface area contributed by atoms with E-state index in [2.05, 4.69) is 53.1 Å². The normalized spacial score (nSPS) is 8.20. The Morgan fingerprint density at radius 3 is 2.10 bits per heavy atom. The average molecular weight is 278 g/mol. The third kappa shape index (κ3) is 7.20. The third-order valence-electron chi connectivity index (χ3n) is 2.08. The SMILES string of the molecule is C.CC.CC(=O)N=C(N)N.Cn1ccc2ccccc21. The highest BCUT2D eigenvalue weighted by molar-refractivity contribution is 5.90. The number of guanidine groups is 1. The molecular formula is C15H26N4O. The number of nitrogens with two attached hydrogens (primary N) is 2. The topological polar surface area (TPSA) is 86.4 Å². The number of fused-ring (bicyclic) bond motifs is 1. The van der Waals surface area contributed by atoms with Gasteiger partial charge < -0.3 is 16.0 Å². The number of aliphatic imine (C=N–C) groups is 1. The minimum Gasteiger partial charge on any atom is -0.370 e. The van der Waals surface area contributed by atoms with Crippen LogP contribution < -0.4 is 11.5 Å². The van der Waals surface area contributed by atoms with Gasteiger partial charge in [-0.2, -0.15) is 4.99 Å². The number of benzene rings is 1. The number of carbonyl (C=O) groups is 1. The van der Waals surface area contributed by atoms with E-state index in [1.165, 1.54) is 17.8 Å². The van der Waals surface area contributed by atoms with Gasteiger partial charge in [0.2, 0.25) is 5.91 Å². The largest absolute Gasteiger partial charge is 0.370 e. The van der Waals surface area contributed by atoms with E-state index in [4.69, 9.17) is 11.5 Å². The summed E-state index contributed by atoms with van der Waals surface area (Å²) in [5, 5.41) is 1.31. The van der Waals surface area contributed by atoms with Crippen molar-refractivity contribution in [2.75, 3.05) is 0 Å². The van der Waals surface area contributed by atoms with E-state index in [9.17, 15) is 4.79 Å². The van der Waals surface area contributed by atoms with Crippen molar-refractivity contribution in [3.63, 3.8) is 0 Å². The molecule has 2 aromatic rings. The number of para-hydroxylation sites is 1. The maximum Gasteiger partial charge on any atom is 0.245 e. The number of nitrogens with zero attached hydrogens (tertiary/aromatic N) is 2. The zero-order chi connectivity index (χ0) is 14.8. The van der Waals surface area contributed by atoms with Crippen molar-refractivity contribution in [3.05, 3.63) is 36.5 Å². The Labute approximate surface area is 121 Å². The molecule has 0 spiro atoms. The summed E-state index contributed by atoms with van der Waals surface area (Å²) in [6, 6.07) is 10.5. The van der Waals surface area contributed by atoms with Crippen LogP contribution in [0.1, 0.15) is 28.2 Å². The van der Waals surface area contributed by atoms with E-state index in [0.717, 1.165) is 0 Å². The van der Waals surface area contributed by atoms with Crippen LogP contribution in [0.4, 0.5) is 0 Å². The maximum atomic E-state index is 9.91. The number of hydrogen-bond donors (Lipinski definition) is 2. The fraction of sp³-hybridized carbons (Fsp3) is 0.333. The van der Waals surface area contributed by atoms with Gasteiger partial charge in [-0.1, -0.05) is 39.5 Å². The van der Waals surface area contributed by atoms with Crippen molar-refractivity contribution in [1.29, 1.82) is 0 Å². The molecule has 112 valence electrons. The van der Waals surface area contributed by atoms with Crippen molar-refractivity contribution < 1.29 is 4.79 Å². The minimum absolute atomic E-state index is 0. The van der Waals surface area contributed by atoms with Crippen LogP contribution in [0.25, 0.3) is 10.9 Å². The Hall–Kier alpha value is -2.30. The second-order valence-corrected chi connectivity index (χ2v) is 3.54. The minimum atomic E-state index is -0.375. The van der Waals surface area contributed by atoms with Crippen molar-refractivity contribution >= 4 is 22.8 Å². The lowest BCUT2D eigenvalue weighted by Crippen LogP contribution is -2.23. The number of rotatable bonds is 0. The Bertz CT molecular complexity index is 540. The molecule has 0 fully saturated rings. The molecule has 2 rings (SSSR count). The molecule has 0 aliphatic carbocycles. The van der Waals surface area contributed by atoms with Gasteiger partial charge in [-0.15, -0.1) is 0 Å². The summed E-state index contributed by atoms with van der Waals surface area (Å²) in [5.41, 5.74) is 10.9. The van der Waals surface area contributed by atoms with Gasteiger partial charge >= 0.3 is 0 Å². The number of carbonyl (C=O) groups excluding carboxylic acids is 1. The molecule has 0 aliphatic rings. The molecule has 0 saturated carbocycles. The lowest BCUT2D eigenvalue weighted by molar-refractivity contribution is -0.115. The summed E-state index contributed by atoms with van der Waals surface area (Å²) >= 11 is 0. The van der Waals surface area contributed by atoms with Gasteiger partial charge in [-0.3, -0.25) is 4.79 Å². The lowest BCUT2D eigenvalue weighted by atomic mass is 10.2. The van der Waals surface area contributed by atoms with E-state index in [0.29, 0.717) is 0 Å². The Kier molecular flexibility index (Phi) is 10.6. The smallest absolute Gasteiger partial charge is 0.245 e. The molecule has 1 amide bonds. The second kappa shape index (κ2) is 10.6. The van der Waals surface area contributed by atoms with Crippen LogP contribution in [0.15, 0.2) is 41.5 Å². The maximum absolute atomic E-state index is 9.91. The number of aromatic nitrogens is 1. The molecule has 0 bridgehead atoms. The van der Waals surface area contributed by atoms with Crippen LogP contribution in [-0.2, 0) is 11.8 Å². The highest BCUT2D eigenvalue weighted by Gasteiger charge is 1.92. The number of amides is 1. The number of aryl methyl sites for hydroxylation is 1. The second-order valence-electron chi connectivity index (χ2n) is 3.54. The van der Waals surface area contributed by atoms with Crippen molar-refractivity contribution in [2.45, 2.75) is 28.2 Å². The van der Waals surface area contributed by atoms with Gasteiger partial charge in [0.15, 0.2) is 5.96 Å². The molecule has 4 N–H and O–H groups in total. The van der Waals surface area contributed by atoms with Gasteiger partial charge in [0.05, 0.1) is 0 Å². The zero-order valence-corrected chi connectivity index (χ0v) is 11.9. The Morgan fingerprint density at radius 1 is 1.15 bits per heavy atom. The quantitative estimate of drug-likeness (QED) is 0.573. The first-order chi connectivity index (χ1) is 9.00. The van der Waals surface area contributed by atoms with Gasteiger partial charge in [-0.25, -0.2) is 0 Å². The van der Waals surface area contributed by atoms with Crippen LogP contribution in [0.5, 0.6) is 0 Å². The highest BCUT2D eigenvalue weighted by atomic mass is 16.1. The molecule has 0 saturated heterocycles. The van der Waals surface area contributed by atoms with Crippen LogP contribution in [-0.4, -0.2) is 16.4 Å². The van der Waals surface area contributed by atoms with Crippen molar-refractivity contribution in [1.82, 2.24) is 4.57 Å². The van der Waals surface area contributed by atoms with Crippen molar-refractivity contribution in [2.24, 2.45) is 23.5 Å². The highest BCUT2D eigenvalue weighted by Crippen LogP contribution is 2.12. The summed E-state index contributed by atoms with van der Waals surface area (Å²) in [6.45, 7) is 5.28. The zero-order valence-electron chi connectivity index (χ0n) is 11.9. The van der Waals surface area contributed by atoms with E-state index >= 15 is 0 Å². The van der Waals surface area contributed by atoms with Gasteiger partial charge in [-0.05, 0) is 17.5 Å². The molecule has 0 aliphatic heterocycles. The summed E-state index contributed by atoms with van der Waals surface area (Å²) in [6.07, 6.45) is 2.07. The molecular weight excluding hydrogens is 252 g/mol. The molecule has 0 radical (unpaired) electrons. The first-order valence-corrected chi connectivity index (χ1v) is 6.11. The van der Waals surface area contributed by atoms with Crippen LogP contribution in [0.3, 0.4) is 0 Å². The molecule has 1 aromatic carbocycles. The molecule has 1 aromatic heterocycles. The summed E-state index contributed by atoms with van der Waals surface area (Å²) < 4.78 is 2.12. The summed E-state index contributed by atoms with van der Waals surface area (Å²) in [7, 11) is 2.06. The molecule has 0 unspecified atom stereocenters. The predicted molar refractivity (Wildman–Crippen MR) is 87.5 cm³/mol. The van der Waals surface area contributed by atoms with E-state index in [1.807, 2.05) is 13.8 Å². The van der Waals surface area contributed by atoms with E-state index in [1.54, 1.807) is 0 Å². The molecule has 5 nitrogen and oxygen atoms in total. The summed E-state index contributed by atoms with van der Waals surface area (Å²) in [4.78, 5) is 13.0. The first kappa shape index (κ1) is 20.0. The lowest BCUT2D eigenvalue weighted by Gasteiger charge is -1.92. The van der Waals surface area contributed by atoms with Crippen LogP contribution in [0, 0.1) is 0 Å². The third-order valence-corrected chi connectivity index (χ3v) is 2.08. The Morgan fingerprint density at radius 2 is 1.70 bits per heavy atom. The van der Waals surface area contributed by atoms with E-state index < -0.39 is 0 Å². The Balaban J connectivity index is 0. The standard InChI is InChI=1S/C9H9N.C3H7N3O.C2H6.CH4/c1-10-7-6-8-4-2-3-5-9(8)10;1-2(7)6-3(4)5;1-2;/h2-7H,1H3;1H3,(H4,4,5,6,7);1-2H3;1H4. The fourth-order valence-electron chi connectivity index (χ4n) is 1.40.